The van der Waals surface area contributed by atoms with Crippen LogP contribution in [0.5, 0.6) is 5.75 Å². The number of anilines is 1. The molecule has 3 aromatic rings. The number of carbonyl (C=O) groups is 1. The standard InChI is InChI=1S/C19H21N5O2/c1-14(12-15-6-2-3-8-17(15)25)21-19(26)22-18-9-11-24(23-18)13-16-7-4-5-10-20-16/h2-11,14,25H,12-13H2,1H3,(H2,21,22,23,26). The van der Waals surface area contributed by atoms with Crippen LogP contribution in [0, 0.1) is 0 Å². The van der Waals surface area contributed by atoms with Gasteiger partial charge in [0.05, 0.1) is 12.2 Å². The number of nitrogens with one attached hydrogen (secondary N) is 2. The molecule has 2 amide bonds. The van der Waals surface area contributed by atoms with Gasteiger partial charge in [-0.05, 0) is 37.1 Å². The molecule has 0 saturated heterocycles. The van der Waals surface area contributed by atoms with E-state index in [1.165, 1.54) is 0 Å². The van der Waals surface area contributed by atoms with Crippen LogP contribution >= 0.6 is 0 Å². The van der Waals surface area contributed by atoms with Gasteiger partial charge in [0, 0.05) is 24.5 Å². The molecule has 7 nitrogen and oxygen atoms in total. The van der Waals surface area contributed by atoms with Crippen molar-refractivity contribution in [1.29, 1.82) is 0 Å². The molecule has 3 rings (SSSR count). The molecule has 0 aliphatic carbocycles. The Bertz CT molecular complexity index is 863. The predicted octanol–water partition coefficient (Wildman–Crippen LogP) is 2.78. The summed E-state index contributed by atoms with van der Waals surface area (Å²) in [6.07, 6.45) is 4.06. The summed E-state index contributed by atoms with van der Waals surface area (Å²) >= 11 is 0. The zero-order valence-electron chi connectivity index (χ0n) is 14.5. The van der Waals surface area contributed by atoms with Crippen LogP contribution in [-0.4, -0.2) is 31.9 Å². The van der Waals surface area contributed by atoms with E-state index in [9.17, 15) is 9.90 Å². The molecule has 0 fully saturated rings. The Balaban J connectivity index is 1.51. The smallest absolute Gasteiger partial charge is 0.320 e. The maximum atomic E-state index is 12.1. The zero-order valence-corrected chi connectivity index (χ0v) is 14.5. The summed E-state index contributed by atoms with van der Waals surface area (Å²) in [5.41, 5.74) is 1.68. The van der Waals surface area contributed by atoms with Crippen molar-refractivity contribution < 1.29 is 9.90 Å². The molecule has 0 radical (unpaired) electrons. The Labute approximate surface area is 151 Å². The number of hydrogen-bond donors (Lipinski definition) is 3. The minimum atomic E-state index is -0.337. The summed E-state index contributed by atoms with van der Waals surface area (Å²) in [6.45, 7) is 2.42. The molecule has 7 heteroatoms. The first kappa shape index (κ1) is 17.5. The second kappa shape index (κ2) is 8.15. The van der Waals surface area contributed by atoms with Gasteiger partial charge in [-0.3, -0.25) is 15.0 Å². The van der Waals surface area contributed by atoms with Gasteiger partial charge in [-0.1, -0.05) is 24.3 Å². The van der Waals surface area contributed by atoms with Crippen molar-refractivity contribution in [3.63, 3.8) is 0 Å². The predicted molar refractivity (Wildman–Crippen MR) is 99.0 cm³/mol. The summed E-state index contributed by atoms with van der Waals surface area (Å²) in [5, 5.41) is 19.7. The molecule has 0 aliphatic rings. The first-order valence-corrected chi connectivity index (χ1v) is 8.38. The van der Waals surface area contributed by atoms with E-state index in [2.05, 4.69) is 20.7 Å². The number of benzene rings is 1. The van der Waals surface area contributed by atoms with Gasteiger partial charge in [0.2, 0.25) is 0 Å². The van der Waals surface area contributed by atoms with E-state index >= 15 is 0 Å². The number of amides is 2. The minimum Gasteiger partial charge on any atom is -0.508 e. The van der Waals surface area contributed by atoms with Gasteiger partial charge in [-0.25, -0.2) is 4.79 Å². The number of urea groups is 1. The lowest BCUT2D eigenvalue weighted by Gasteiger charge is -2.14. The van der Waals surface area contributed by atoms with E-state index < -0.39 is 0 Å². The highest BCUT2D eigenvalue weighted by Gasteiger charge is 2.11. The largest absolute Gasteiger partial charge is 0.508 e. The quantitative estimate of drug-likeness (QED) is 0.637. The monoisotopic (exact) mass is 351 g/mol. The van der Waals surface area contributed by atoms with Crippen LogP contribution in [0.3, 0.4) is 0 Å². The Morgan fingerprint density at radius 2 is 2.00 bits per heavy atom. The van der Waals surface area contributed by atoms with Crippen LogP contribution in [0.2, 0.25) is 0 Å². The average molecular weight is 351 g/mol. The molecule has 1 atom stereocenters. The minimum absolute atomic E-state index is 0.140. The molecule has 1 unspecified atom stereocenters. The number of rotatable bonds is 6. The fourth-order valence-electron chi connectivity index (χ4n) is 2.61. The van der Waals surface area contributed by atoms with Crippen molar-refractivity contribution in [3.8, 4) is 5.75 Å². The van der Waals surface area contributed by atoms with E-state index in [0.29, 0.717) is 18.8 Å². The Morgan fingerprint density at radius 1 is 1.19 bits per heavy atom. The Morgan fingerprint density at radius 3 is 2.77 bits per heavy atom. The van der Waals surface area contributed by atoms with Crippen molar-refractivity contribution >= 4 is 11.8 Å². The fraction of sp³-hybridized carbons (Fsp3) is 0.211. The van der Waals surface area contributed by atoms with Crippen LogP contribution in [0.25, 0.3) is 0 Å². The highest BCUT2D eigenvalue weighted by Crippen LogP contribution is 2.17. The van der Waals surface area contributed by atoms with Crippen molar-refractivity contribution in [2.24, 2.45) is 0 Å². The number of aromatic hydroxyl groups is 1. The van der Waals surface area contributed by atoms with Crippen LogP contribution in [-0.2, 0) is 13.0 Å². The van der Waals surface area contributed by atoms with Crippen molar-refractivity contribution in [1.82, 2.24) is 20.1 Å². The van der Waals surface area contributed by atoms with Crippen LogP contribution in [0.4, 0.5) is 10.6 Å². The molecule has 3 N–H and O–H groups in total. The summed E-state index contributed by atoms with van der Waals surface area (Å²) < 4.78 is 1.71. The van der Waals surface area contributed by atoms with E-state index in [1.54, 1.807) is 35.3 Å². The second-order valence-electron chi connectivity index (χ2n) is 6.05. The number of nitrogens with zero attached hydrogens (tertiary/aromatic N) is 3. The van der Waals surface area contributed by atoms with E-state index in [4.69, 9.17) is 0 Å². The molecule has 0 bridgehead atoms. The van der Waals surface area contributed by atoms with Gasteiger partial charge in [-0.2, -0.15) is 5.10 Å². The molecule has 2 heterocycles. The van der Waals surface area contributed by atoms with Gasteiger partial charge >= 0.3 is 6.03 Å². The SMILES string of the molecule is CC(Cc1ccccc1O)NC(=O)Nc1ccn(Cc2ccccn2)n1. The van der Waals surface area contributed by atoms with Crippen molar-refractivity contribution in [3.05, 3.63) is 72.2 Å². The molecular weight excluding hydrogens is 330 g/mol. The Kier molecular flexibility index (Phi) is 5.48. The lowest BCUT2D eigenvalue weighted by atomic mass is 10.1. The van der Waals surface area contributed by atoms with Gasteiger partial charge in [0.1, 0.15) is 5.75 Å². The van der Waals surface area contributed by atoms with Crippen molar-refractivity contribution in [2.75, 3.05) is 5.32 Å². The number of para-hydroxylation sites is 1. The maximum Gasteiger partial charge on any atom is 0.320 e. The summed E-state index contributed by atoms with van der Waals surface area (Å²) in [7, 11) is 0. The molecule has 134 valence electrons. The van der Waals surface area contributed by atoms with Gasteiger partial charge < -0.3 is 10.4 Å². The first-order valence-electron chi connectivity index (χ1n) is 8.38. The normalized spacial score (nSPS) is 11.7. The highest BCUT2D eigenvalue weighted by atomic mass is 16.3. The molecule has 0 saturated carbocycles. The first-order chi connectivity index (χ1) is 12.6. The average Bonchev–Trinajstić information content (AvgIpc) is 3.04. The van der Waals surface area contributed by atoms with Crippen LogP contribution < -0.4 is 10.6 Å². The number of carbonyl (C=O) groups excluding carboxylic acids is 1. The second-order valence-corrected chi connectivity index (χ2v) is 6.05. The lowest BCUT2D eigenvalue weighted by Crippen LogP contribution is -2.37. The lowest BCUT2D eigenvalue weighted by molar-refractivity contribution is 0.249. The number of phenols is 1. The van der Waals surface area contributed by atoms with Crippen LogP contribution in [0.1, 0.15) is 18.2 Å². The van der Waals surface area contributed by atoms with Gasteiger partial charge in [0.25, 0.3) is 0 Å². The van der Waals surface area contributed by atoms with E-state index in [0.717, 1.165) is 11.3 Å². The highest BCUT2D eigenvalue weighted by molar-refractivity contribution is 5.88. The topological polar surface area (TPSA) is 92.1 Å². The van der Waals surface area contributed by atoms with Gasteiger partial charge in [-0.15, -0.1) is 0 Å². The number of pyridine rings is 1. The maximum absolute atomic E-state index is 12.1. The molecule has 1 aromatic carbocycles. The molecule has 26 heavy (non-hydrogen) atoms. The van der Waals surface area contributed by atoms with E-state index in [-0.39, 0.29) is 17.8 Å². The molecule has 0 aliphatic heterocycles. The summed E-state index contributed by atoms with van der Waals surface area (Å²) in [4.78, 5) is 16.4. The molecule has 2 aromatic heterocycles. The third-order valence-electron chi connectivity index (χ3n) is 3.83. The summed E-state index contributed by atoms with van der Waals surface area (Å²) in [6, 6.07) is 14.1. The Hall–Kier alpha value is -3.35. The number of phenolic OH excluding ortho intramolecular Hbond substituents is 1. The number of aromatic nitrogens is 3. The van der Waals surface area contributed by atoms with Gasteiger partial charge in [0.15, 0.2) is 5.82 Å². The van der Waals surface area contributed by atoms with Crippen LogP contribution in [0.15, 0.2) is 60.9 Å². The molecule has 0 spiro atoms. The third kappa shape index (κ3) is 4.83. The van der Waals surface area contributed by atoms with E-state index in [1.807, 2.05) is 37.3 Å². The summed E-state index contributed by atoms with van der Waals surface area (Å²) in [5.74, 6) is 0.697. The zero-order chi connectivity index (χ0) is 18.4. The van der Waals surface area contributed by atoms with Crippen molar-refractivity contribution in [2.45, 2.75) is 25.9 Å². The fourth-order valence-corrected chi connectivity index (χ4v) is 2.61. The molecular formula is C19H21N5O2. The number of hydrogen-bond acceptors (Lipinski definition) is 4. The third-order valence-corrected chi connectivity index (χ3v) is 3.83.